The molecule has 0 spiro atoms. The third kappa shape index (κ3) is 4.19. The van der Waals surface area contributed by atoms with Crippen LogP contribution in [0.15, 0.2) is 70.4 Å². The van der Waals surface area contributed by atoms with Crippen LogP contribution in [0.1, 0.15) is 36.6 Å². The molecule has 0 atom stereocenters. The molecule has 1 aromatic heterocycles. The van der Waals surface area contributed by atoms with Gasteiger partial charge in [-0.1, -0.05) is 48.5 Å². The minimum atomic E-state index is -4.36. The number of rotatable bonds is 4. The summed E-state index contributed by atoms with van der Waals surface area (Å²) in [7, 11) is -4.36. The number of nitrogens with one attached hydrogen (secondary N) is 1. The van der Waals surface area contributed by atoms with Gasteiger partial charge in [-0.05, 0) is 36.1 Å². The topological polar surface area (TPSA) is 111 Å². The van der Waals surface area contributed by atoms with Crippen LogP contribution in [0.25, 0.3) is 15.8 Å². The van der Waals surface area contributed by atoms with Crippen LogP contribution in [0.5, 0.6) is 0 Å². The molecule has 1 aliphatic carbocycles. The zero-order chi connectivity index (χ0) is 20.8. The van der Waals surface area contributed by atoms with Crippen molar-refractivity contribution in [3.63, 3.8) is 0 Å². The quantitative estimate of drug-likeness (QED) is 0.597. The second kappa shape index (κ2) is 8.20. The average Bonchev–Trinajstić information content (AvgIpc) is 3.27. The Kier molecular flexibility index (Phi) is 6.18. The van der Waals surface area contributed by atoms with Gasteiger partial charge in [-0.15, -0.1) is 0 Å². The molecule has 0 saturated heterocycles. The van der Waals surface area contributed by atoms with Gasteiger partial charge in [-0.3, -0.25) is 4.79 Å². The monoisotopic (exact) mass is 434 g/mol. The van der Waals surface area contributed by atoms with E-state index in [0.717, 1.165) is 34.6 Å². The van der Waals surface area contributed by atoms with Crippen LogP contribution in [0.2, 0.25) is 0 Å². The molecular formula is C21H19N2NaO5S. The Balaban J connectivity index is 0.00000256. The summed E-state index contributed by atoms with van der Waals surface area (Å²) < 4.78 is 33.2. The van der Waals surface area contributed by atoms with Gasteiger partial charge in [0.15, 0.2) is 6.03 Å². The minimum Gasteiger partial charge on any atom is -0.452 e. The van der Waals surface area contributed by atoms with Crippen molar-refractivity contribution >= 4 is 16.1 Å². The van der Waals surface area contributed by atoms with E-state index in [1.807, 2.05) is 48.5 Å². The molecule has 2 amide bonds. The molecule has 0 saturated carbocycles. The summed E-state index contributed by atoms with van der Waals surface area (Å²) in [4.78, 5) is 12.5. The van der Waals surface area contributed by atoms with E-state index in [-0.39, 0.29) is 35.1 Å². The molecule has 0 fully saturated rings. The molecule has 0 aliphatic heterocycles. The molecule has 4 rings (SSSR count). The van der Waals surface area contributed by atoms with Crippen molar-refractivity contribution in [2.75, 3.05) is 0 Å². The summed E-state index contributed by atoms with van der Waals surface area (Å²) in [5.74, 6) is 0. The van der Waals surface area contributed by atoms with E-state index in [1.54, 1.807) is 0 Å². The second-order valence-corrected chi connectivity index (χ2v) is 8.87. The summed E-state index contributed by atoms with van der Waals surface area (Å²) in [6.07, 6.45) is 1.13. The van der Waals surface area contributed by atoms with Gasteiger partial charge in [0.1, 0.15) is 0 Å². The summed E-state index contributed by atoms with van der Waals surface area (Å²) >= 11 is 0. The third-order valence-electron chi connectivity index (χ3n) is 4.84. The molecule has 0 bridgehead atoms. The molecule has 30 heavy (non-hydrogen) atoms. The largest absolute Gasteiger partial charge is 1.00 e. The number of fused-ring (bicyclic) bond motifs is 3. The van der Waals surface area contributed by atoms with Crippen molar-refractivity contribution in [1.29, 1.82) is 0 Å². The number of carbonyl (C=O) groups excluding carboxylic acids is 1. The van der Waals surface area contributed by atoms with E-state index >= 15 is 0 Å². The molecule has 9 heteroatoms. The van der Waals surface area contributed by atoms with Crippen molar-refractivity contribution < 1.29 is 52.3 Å². The maximum atomic E-state index is 12.5. The predicted molar refractivity (Wildman–Crippen MR) is 107 cm³/mol. The van der Waals surface area contributed by atoms with Crippen LogP contribution in [-0.4, -0.2) is 19.6 Å². The van der Waals surface area contributed by atoms with E-state index < -0.39 is 32.8 Å². The molecule has 2 N–H and O–H groups in total. The summed E-state index contributed by atoms with van der Waals surface area (Å²) in [6.45, 7) is 2.99. The number of amides is 2. The van der Waals surface area contributed by atoms with Crippen molar-refractivity contribution in [3.05, 3.63) is 82.3 Å². The summed E-state index contributed by atoms with van der Waals surface area (Å²) in [6, 6.07) is 14.9. The Morgan fingerprint density at radius 1 is 1.07 bits per heavy atom. The van der Waals surface area contributed by atoms with Crippen molar-refractivity contribution in [1.82, 2.24) is 5.32 Å². The number of carbonyl (C=O) groups is 1. The third-order valence-corrected chi connectivity index (χ3v) is 5.97. The Morgan fingerprint density at radius 2 is 1.60 bits per heavy atom. The first-order valence-electron chi connectivity index (χ1n) is 8.95. The number of hydrogen-bond donors (Lipinski definition) is 2. The molecule has 150 valence electrons. The van der Waals surface area contributed by atoms with Crippen LogP contribution in [0, 0.1) is 0 Å². The number of hydrogen-bond acceptors (Lipinski definition) is 5. The first-order chi connectivity index (χ1) is 13.7. The van der Waals surface area contributed by atoms with Crippen LogP contribution < -0.4 is 34.9 Å². The number of aliphatic hydroxyl groups is 1. The maximum Gasteiger partial charge on any atom is 1.00 e. The Hall–Kier alpha value is -2.10. The number of sulfonamides is 1. The smallest absolute Gasteiger partial charge is 0.452 e. The molecule has 0 radical (unpaired) electrons. The van der Waals surface area contributed by atoms with E-state index in [9.17, 15) is 18.3 Å². The maximum absolute atomic E-state index is 12.5. The zero-order valence-electron chi connectivity index (χ0n) is 16.8. The van der Waals surface area contributed by atoms with Gasteiger partial charge in [0, 0.05) is 17.7 Å². The van der Waals surface area contributed by atoms with Crippen LogP contribution in [0.4, 0.5) is 4.79 Å². The normalized spacial score (nSPS) is 13.2. The van der Waals surface area contributed by atoms with Gasteiger partial charge in [0.05, 0.1) is 11.9 Å². The van der Waals surface area contributed by atoms with E-state index in [0.29, 0.717) is 0 Å². The van der Waals surface area contributed by atoms with Gasteiger partial charge in [-0.25, -0.2) is 8.42 Å². The Bertz CT molecular complexity index is 1150. The van der Waals surface area contributed by atoms with Crippen molar-refractivity contribution in [3.8, 4) is 11.1 Å². The summed E-state index contributed by atoms with van der Waals surface area (Å²) in [5, 5.41) is 12.1. The SMILES string of the molecule is CC(C)(O)c1coc(S(=O)(=O)[N-]C(=O)NC2c3ccccc3-c3ccccc32)c1.[Na+]. The van der Waals surface area contributed by atoms with Crippen LogP contribution >= 0.6 is 0 Å². The molecule has 2 aromatic carbocycles. The fourth-order valence-corrected chi connectivity index (χ4v) is 4.19. The number of nitrogens with zero attached hydrogens (tertiary/aromatic N) is 1. The predicted octanol–water partition coefficient (Wildman–Crippen LogP) is 1.05. The molecule has 3 aromatic rings. The molecule has 0 unspecified atom stereocenters. The minimum absolute atomic E-state index is 0. The second-order valence-electron chi connectivity index (χ2n) is 7.34. The molecular weight excluding hydrogens is 415 g/mol. The zero-order valence-corrected chi connectivity index (χ0v) is 19.6. The molecule has 7 nitrogen and oxygen atoms in total. The first kappa shape index (κ1) is 22.6. The van der Waals surface area contributed by atoms with Gasteiger partial charge in [0.2, 0.25) is 15.1 Å². The fraction of sp³-hybridized carbons (Fsp3) is 0.190. The fourth-order valence-electron chi connectivity index (χ4n) is 3.39. The van der Waals surface area contributed by atoms with Crippen LogP contribution in [0.3, 0.4) is 0 Å². The number of benzene rings is 2. The molecule has 1 aliphatic rings. The van der Waals surface area contributed by atoms with Gasteiger partial charge >= 0.3 is 29.6 Å². The number of furan rings is 1. The van der Waals surface area contributed by atoms with Crippen molar-refractivity contribution in [2.45, 2.75) is 30.6 Å². The van der Waals surface area contributed by atoms with Crippen molar-refractivity contribution in [2.24, 2.45) is 0 Å². The standard InChI is InChI=1S/C21H20N2O5S.Na/c1-21(2,25)13-11-18(28-12-13)29(26,27)23-20(24)22-19-16-9-5-3-7-14(16)15-8-4-6-10-17(15)19;/h3-12,19,25H,1-2H3,(H2,22,23,24);/q;+1/p-1. The van der Waals surface area contributed by atoms with Gasteiger partial charge in [0.25, 0.3) is 0 Å². The van der Waals surface area contributed by atoms with Crippen LogP contribution in [-0.2, 0) is 15.6 Å². The molecule has 1 heterocycles. The van der Waals surface area contributed by atoms with E-state index in [1.165, 1.54) is 13.8 Å². The van der Waals surface area contributed by atoms with Gasteiger partial charge < -0.3 is 19.6 Å². The number of urea groups is 1. The summed E-state index contributed by atoms with van der Waals surface area (Å²) in [5.41, 5.74) is 2.70. The average molecular weight is 434 g/mol. The van der Waals surface area contributed by atoms with E-state index in [4.69, 9.17) is 4.42 Å². The Labute approximate surface area is 196 Å². The first-order valence-corrected chi connectivity index (χ1v) is 10.4. The Morgan fingerprint density at radius 3 is 2.10 bits per heavy atom. The van der Waals surface area contributed by atoms with Gasteiger partial charge in [-0.2, -0.15) is 0 Å². The van der Waals surface area contributed by atoms with E-state index in [2.05, 4.69) is 10.0 Å².